The van der Waals surface area contributed by atoms with Gasteiger partial charge in [0.2, 0.25) is 5.91 Å². The number of benzene rings is 1. The molecule has 3 aromatic heterocycles. The lowest BCUT2D eigenvalue weighted by Crippen LogP contribution is -2.50. The Morgan fingerprint density at radius 3 is 2.58 bits per heavy atom. The van der Waals surface area contributed by atoms with Gasteiger partial charge in [0.1, 0.15) is 17.5 Å². The number of nitrogens with zero attached hydrogens (tertiary/aromatic N) is 5. The molecule has 1 aliphatic carbocycles. The summed E-state index contributed by atoms with van der Waals surface area (Å²) in [6.07, 6.45) is 1.95. The van der Waals surface area contributed by atoms with Crippen molar-refractivity contribution >= 4 is 35.2 Å². The number of fused-ring (bicyclic) bond motifs is 1. The van der Waals surface area contributed by atoms with Crippen molar-refractivity contribution < 1.29 is 22.7 Å². The van der Waals surface area contributed by atoms with E-state index in [0.717, 1.165) is 6.07 Å². The average Bonchev–Trinajstić information content (AvgIpc) is 3.38. The molecule has 4 aromatic rings. The molecule has 0 aliphatic heterocycles. The van der Waals surface area contributed by atoms with Gasteiger partial charge in [0, 0.05) is 28.6 Å². The number of aromatic nitrogens is 5. The third-order valence-corrected chi connectivity index (χ3v) is 7.54. The van der Waals surface area contributed by atoms with Gasteiger partial charge in [-0.3, -0.25) is 14.2 Å². The Bertz CT molecular complexity index is 1800. The molecule has 224 valence electrons. The summed E-state index contributed by atoms with van der Waals surface area (Å²) in [6.45, 7) is 3.51. The van der Waals surface area contributed by atoms with Crippen LogP contribution in [0.3, 0.4) is 0 Å². The zero-order chi connectivity index (χ0) is 31.1. The van der Waals surface area contributed by atoms with Crippen LogP contribution in [0.25, 0.3) is 22.9 Å². The lowest BCUT2D eigenvalue weighted by atomic mass is 9.86. The molecular weight excluding hydrogens is 608 g/mol. The Hall–Kier alpha value is -4.16. The van der Waals surface area contributed by atoms with E-state index in [1.807, 2.05) is 0 Å². The number of carbonyl (C=O) groups excluding carboxylic acids is 1. The van der Waals surface area contributed by atoms with Crippen LogP contribution >= 0.6 is 23.2 Å². The summed E-state index contributed by atoms with van der Waals surface area (Å²) in [6, 6.07) is 7.73. The lowest BCUT2D eigenvalue weighted by Gasteiger charge is -2.33. The summed E-state index contributed by atoms with van der Waals surface area (Å²) in [4.78, 5) is 30.8. The van der Waals surface area contributed by atoms with Gasteiger partial charge in [-0.15, -0.1) is 5.10 Å². The highest BCUT2D eigenvalue weighted by Gasteiger charge is 2.35. The molecule has 1 N–H and O–H groups in total. The summed E-state index contributed by atoms with van der Waals surface area (Å²) in [7, 11) is 1.44. The minimum atomic E-state index is -4.56. The zero-order valence-electron chi connectivity index (χ0n) is 23.1. The first-order valence-corrected chi connectivity index (χ1v) is 13.8. The Balaban J connectivity index is 1.46. The molecule has 5 rings (SSSR count). The fraction of sp³-hybridized carbons (Fsp3) is 0.276. The van der Waals surface area contributed by atoms with Gasteiger partial charge in [-0.25, -0.2) is 9.67 Å². The van der Waals surface area contributed by atoms with Crippen molar-refractivity contribution in [3.8, 4) is 22.6 Å². The van der Waals surface area contributed by atoms with Gasteiger partial charge in [0.15, 0.2) is 5.15 Å². The number of amides is 1. The Morgan fingerprint density at radius 2 is 1.93 bits per heavy atom. The van der Waals surface area contributed by atoms with Gasteiger partial charge >= 0.3 is 6.18 Å². The fourth-order valence-electron chi connectivity index (χ4n) is 5.06. The third kappa shape index (κ3) is 6.16. The van der Waals surface area contributed by atoms with E-state index in [2.05, 4.69) is 20.6 Å². The molecule has 1 amide bonds. The quantitative estimate of drug-likeness (QED) is 0.271. The van der Waals surface area contributed by atoms with Crippen LogP contribution in [0.2, 0.25) is 10.2 Å². The average molecular weight is 633 g/mol. The SMILES string of the molecule is CCC(C(=O)NC1(C)C=Cc2nc(C(F)(F)F)ccc2C1)n1cc(OC)c(-c2cc(Cl)ccc2-n2cc(Cl)nn2)cc1=O. The van der Waals surface area contributed by atoms with Gasteiger partial charge in [-0.2, -0.15) is 13.2 Å². The van der Waals surface area contributed by atoms with Crippen LogP contribution in [-0.4, -0.2) is 43.1 Å². The molecule has 0 saturated heterocycles. The number of carbonyl (C=O) groups is 1. The van der Waals surface area contributed by atoms with E-state index < -0.39 is 34.9 Å². The number of alkyl halides is 3. The van der Waals surface area contributed by atoms with Gasteiger partial charge in [-0.1, -0.05) is 47.5 Å². The maximum atomic E-state index is 13.6. The Morgan fingerprint density at radius 1 is 1.16 bits per heavy atom. The number of pyridine rings is 2. The zero-order valence-corrected chi connectivity index (χ0v) is 24.6. The molecule has 14 heteroatoms. The molecule has 3 heterocycles. The van der Waals surface area contributed by atoms with E-state index in [0.29, 0.717) is 33.1 Å². The standard InChI is InChI=1S/C29H25Cl2F3N6O3/c1-4-21(27(42)36-28(2)10-9-20-16(13-28)5-8-24(35-20)29(32,33)34)39-14-23(43-3)19(12-26(39)41)18-11-17(30)6-7-22(18)40-15-25(31)37-38-40/h5-12,14-15,21H,4,13H2,1-3H3,(H,36,42). The number of halogens is 5. The fourth-order valence-corrected chi connectivity index (χ4v) is 5.36. The predicted molar refractivity (Wildman–Crippen MR) is 155 cm³/mol. The number of hydrogen-bond acceptors (Lipinski definition) is 6. The topological polar surface area (TPSA) is 104 Å². The van der Waals surface area contributed by atoms with Crippen molar-refractivity contribution in [2.75, 3.05) is 7.11 Å². The second kappa shape index (κ2) is 11.5. The van der Waals surface area contributed by atoms with Gasteiger partial charge < -0.3 is 10.1 Å². The molecular formula is C29H25Cl2F3N6O3. The molecule has 0 spiro atoms. The number of hydrogen-bond donors (Lipinski definition) is 1. The van der Waals surface area contributed by atoms with Crippen molar-refractivity contribution in [1.82, 2.24) is 29.9 Å². The normalized spacial score (nSPS) is 16.9. The van der Waals surface area contributed by atoms with Crippen LogP contribution in [0.1, 0.15) is 43.3 Å². The molecule has 2 atom stereocenters. The van der Waals surface area contributed by atoms with E-state index in [1.54, 1.807) is 38.1 Å². The van der Waals surface area contributed by atoms with Crippen molar-refractivity contribution in [2.24, 2.45) is 0 Å². The molecule has 0 bridgehead atoms. The van der Waals surface area contributed by atoms with Gasteiger partial charge in [0.05, 0.1) is 36.4 Å². The van der Waals surface area contributed by atoms with Crippen LogP contribution < -0.4 is 15.6 Å². The van der Waals surface area contributed by atoms with Crippen molar-refractivity contribution in [3.05, 3.63) is 92.3 Å². The second-order valence-corrected chi connectivity index (χ2v) is 11.1. The van der Waals surface area contributed by atoms with Gasteiger partial charge in [0.25, 0.3) is 5.56 Å². The first kappa shape index (κ1) is 30.3. The summed E-state index contributed by atoms with van der Waals surface area (Å²) >= 11 is 12.3. The van der Waals surface area contributed by atoms with E-state index in [-0.39, 0.29) is 23.7 Å². The van der Waals surface area contributed by atoms with E-state index >= 15 is 0 Å². The van der Waals surface area contributed by atoms with E-state index in [4.69, 9.17) is 27.9 Å². The van der Waals surface area contributed by atoms with Crippen molar-refractivity contribution in [3.63, 3.8) is 0 Å². The summed E-state index contributed by atoms with van der Waals surface area (Å²) in [5.74, 6) is -0.152. The van der Waals surface area contributed by atoms with Crippen molar-refractivity contribution in [2.45, 2.75) is 44.4 Å². The molecule has 9 nitrogen and oxygen atoms in total. The maximum absolute atomic E-state index is 13.6. The number of methoxy groups -OCH3 is 1. The minimum absolute atomic E-state index is 0.174. The Labute approximate surface area is 253 Å². The number of nitrogens with one attached hydrogen (secondary N) is 1. The van der Waals surface area contributed by atoms with E-state index in [9.17, 15) is 22.8 Å². The number of ether oxygens (including phenoxy) is 1. The predicted octanol–water partition coefficient (Wildman–Crippen LogP) is 5.92. The minimum Gasteiger partial charge on any atom is -0.495 e. The first-order valence-electron chi connectivity index (χ1n) is 13.1. The highest BCUT2D eigenvalue weighted by molar-refractivity contribution is 6.31. The smallest absolute Gasteiger partial charge is 0.433 e. The molecule has 43 heavy (non-hydrogen) atoms. The summed E-state index contributed by atoms with van der Waals surface area (Å²) < 4.78 is 47.7. The monoisotopic (exact) mass is 632 g/mol. The van der Waals surface area contributed by atoms with Crippen LogP contribution in [0.4, 0.5) is 13.2 Å². The van der Waals surface area contributed by atoms with E-state index in [1.165, 1.54) is 47.0 Å². The first-order chi connectivity index (χ1) is 20.3. The highest BCUT2D eigenvalue weighted by Crippen LogP contribution is 2.36. The molecule has 0 saturated carbocycles. The molecule has 0 fully saturated rings. The van der Waals surface area contributed by atoms with Gasteiger partial charge in [-0.05, 0) is 49.2 Å². The molecule has 1 aliphatic rings. The second-order valence-electron chi connectivity index (χ2n) is 10.2. The van der Waals surface area contributed by atoms with Crippen LogP contribution in [-0.2, 0) is 17.4 Å². The summed E-state index contributed by atoms with van der Waals surface area (Å²) in [5.41, 5.74) is -0.166. The van der Waals surface area contributed by atoms with Crippen LogP contribution in [0.15, 0.2) is 59.7 Å². The molecule has 1 aromatic carbocycles. The van der Waals surface area contributed by atoms with Crippen LogP contribution in [0.5, 0.6) is 5.75 Å². The number of rotatable bonds is 7. The molecule has 0 radical (unpaired) electrons. The summed E-state index contributed by atoms with van der Waals surface area (Å²) in [5, 5.41) is 11.4. The molecule has 2 unspecified atom stereocenters. The maximum Gasteiger partial charge on any atom is 0.433 e. The van der Waals surface area contributed by atoms with Crippen LogP contribution in [0, 0.1) is 0 Å². The highest BCUT2D eigenvalue weighted by atomic mass is 35.5. The third-order valence-electron chi connectivity index (χ3n) is 7.13. The lowest BCUT2D eigenvalue weighted by molar-refractivity contribution is -0.141. The largest absolute Gasteiger partial charge is 0.495 e. The Kier molecular flexibility index (Phi) is 8.10. The van der Waals surface area contributed by atoms with Crippen molar-refractivity contribution in [1.29, 1.82) is 0 Å².